The summed E-state index contributed by atoms with van der Waals surface area (Å²) in [6.45, 7) is 8.93. The maximum atomic E-state index is 2.38. The van der Waals surface area contributed by atoms with E-state index < -0.39 is 0 Å². The van der Waals surface area contributed by atoms with Crippen LogP contribution >= 0.6 is 0 Å². The molecule has 0 aromatic heterocycles. The summed E-state index contributed by atoms with van der Waals surface area (Å²) in [7, 11) is 0. The van der Waals surface area contributed by atoms with E-state index in [0.717, 1.165) is 6.42 Å². The van der Waals surface area contributed by atoms with Crippen LogP contribution < -0.4 is 0 Å². The van der Waals surface area contributed by atoms with E-state index in [0.29, 0.717) is 0 Å². The molecule has 0 amide bonds. The molecule has 0 N–H and O–H groups in total. The number of fused-ring (bicyclic) bond motifs is 1. The molecule has 1 aliphatic rings. The Morgan fingerprint density at radius 2 is 1.38 bits per heavy atom. The van der Waals surface area contributed by atoms with Crippen molar-refractivity contribution in [1.82, 2.24) is 0 Å². The van der Waals surface area contributed by atoms with Crippen molar-refractivity contribution in [3.8, 4) is 11.1 Å². The number of hydrogen-bond acceptors (Lipinski definition) is 0. The molecule has 0 aliphatic heterocycles. The van der Waals surface area contributed by atoms with Crippen LogP contribution in [0.25, 0.3) is 22.8 Å². The molecule has 0 unspecified atom stereocenters. The SMILES string of the molecule is Cc1ccc(C2=Cc3c(cccc3-c3ccc(C(C)(C)C)cc3)C2)cc1. The third kappa shape index (κ3) is 3.12. The van der Waals surface area contributed by atoms with E-state index in [4.69, 9.17) is 0 Å². The maximum Gasteiger partial charge on any atom is -0.00135 e. The Kier molecular flexibility index (Phi) is 4.07. The molecule has 1 aliphatic carbocycles. The van der Waals surface area contributed by atoms with Gasteiger partial charge in [-0.25, -0.2) is 0 Å². The Morgan fingerprint density at radius 3 is 2.04 bits per heavy atom. The van der Waals surface area contributed by atoms with Gasteiger partial charge in [-0.15, -0.1) is 0 Å². The van der Waals surface area contributed by atoms with E-state index >= 15 is 0 Å². The Labute approximate surface area is 157 Å². The molecule has 0 saturated carbocycles. The van der Waals surface area contributed by atoms with Crippen molar-refractivity contribution in [2.45, 2.75) is 39.5 Å². The summed E-state index contributed by atoms with van der Waals surface area (Å²) in [6.07, 6.45) is 3.40. The lowest BCUT2D eigenvalue weighted by atomic mass is 9.86. The van der Waals surface area contributed by atoms with Gasteiger partial charge in [-0.3, -0.25) is 0 Å². The summed E-state index contributed by atoms with van der Waals surface area (Å²) in [5.74, 6) is 0. The van der Waals surface area contributed by atoms with Crippen molar-refractivity contribution in [3.63, 3.8) is 0 Å². The Morgan fingerprint density at radius 1 is 0.731 bits per heavy atom. The fraction of sp³-hybridized carbons (Fsp3) is 0.231. The second-order valence-electron chi connectivity index (χ2n) is 8.42. The van der Waals surface area contributed by atoms with Gasteiger partial charge in [-0.2, -0.15) is 0 Å². The second kappa shape index (κ2) is 6.29. The number of benzene rings is 3. The normalized spacial score (nSPS) is 13.5. The van der Waals surface area contributed by atoms with Crippen molar-refractivity contribution in [2.75, 3.05) is 0 Å². The summed E-state index contributed by atoms with van der Waals surface area (Å²) >= 11 is 0. The maximum absolute atomic E-state index is 2.38. The van der Waals surface area contributed by atoms with Crippen LogP contribution in [-0.4, -0.2) is 0 Å². The van der Waals surface area contributed by atoms with Crippen LogP contribution in [0.3, 0.4) is 0 Å². The van der Waals surface area contributed by atoms with Gasteiger partial charge < -0.3 is 0 Å². The lowest BCUT2D eigenvalue weighted by Crippen LogP contribution is -2.10. The van der Waals surface area contributed by atoms with Gasteiger partial charge in [0.1, 0.15) is 0 Å². The smallest absolute Gasteiger partial charge is 0.00135 e. The third-order valence-electron chi connectivity index (χ3n) is 5.38. The summed E-state index contributed by atoms with van der Waals surface area (Å²) in [6, 6.07) is 24.7. The first-order valence-electron chi connectivity index (χ1n) is 9.42. The highest BCUT2D eigenvalue weighted by molar-refractivity contribution is 5.93. The minimum atomic E-state index is 0.190. The number of hydrogen-bond donors (Lipinski definition) is 0. The average Bonchev–Trinajstić information content (AvgIpc) is 3.06. The van der Waals surface area contributed by atoms with E-state index in [1.54, 1.807) is 0 Å². The van der Waals surface area contributed by atoms with Gasteiger partial charge in [0.2, 0.25) is 0 Å². The molecule has 0 spiro atoms. The Balaban J connectivity index is 1.73. The molecule has 130 valence electrons. The highest BCUT2D eigenvalue weighted by Crippen LogP contribution is 2.38. The fourth-order valence-electron chi connectivity index (χ4n) is 3.72. The van der Waals surface area contributed by atoms with Gasteiger partial charge in [-0.05, 0) is 63.8 Å². The minimum absolute atomic E-state index is 0.190. The molecule has 0 fully saturated rings. The molecule has 0 bridgehead atoms. The van der Waals surface area contributed by atoms with Crippen molar-refractivity contribution >= 4 is 11.6 Å². The summed E-state index contributed by atoms with van der Waals surface area (Å²) < 4.78 is 0. The molecule has 0 nitrogen and oxygen atoms in total. The molecule has 0 atom stereocenters. The van der Waals surface area contributed by atoms with Crippen molar-refractivity contribution < 1.29 is 0 Å². The zero-order chi connectivity index (χ0) is 18.3. The van der Waals surface area contributed by atoms with E-state index in [2.05, 4.69) is 101 Å². The van der Waals surface area contributed by atoms with E-state index in [1.165, 1.54) is 44.5 Å². The standard InChI is InChI=1S/C26H26/c1-18-8-10-19(11-9-18)22-16-21-6-5-7-24(25(21)17-22)20-12-14-23(15-13-20)26(2,3)4/h5-15,17H,16H2,1-4H3. The molecular formula is C26H26. The lowest BCUT2D eigenvalue weighted by Gasteiger charge is -2.19. The molecule has 3 aromatic carbocycles. The van der Waals surface area contributed by atoms with Crippen molar-refractivity contribution in [3.05, 3.63) is 94.5 Å². The fourth-order valence-corrected chi connectivity index (χ4v) is 3.72. The first-order chi connectivity index (χ1) is 12.4. The number of allylic oxidation sites excluding steroid dienone is 1. The van der Waals surface area contributed by atoms with Gasteiger partial charge in [0, 0.05) is 0 Å². The highest BCUT2D eigenvalue weighted by Gasteiger charge is 2.18. The second-order valence-corrected chi connectivity index (χ2v) is 8.42. The van der Waals surface area contributed by atoms with E-state index in [9.17, 15) is 0 Å². The molecule has 0 saturated heterocycles. The molecule has 0 heterocycles. The van der Waals surface area contributed by atoms with Crippen LogP contribution in [0.2, 0.25) is 0 Å². The molecular weight excluding hydrogens is 312 g/mol. The van der Waals surface area contributed by atoms with Crippen LogP contribution in [0.4, 0.5) is 0 Å². The predicted octanol–water partition coefficient (Wildman–Crippen LogP) is 7.06. The average molecular weight is 338 g/mol. The van der Waals surface area contributed by atoms with E-state index in [1.807, 2.05) is 0 Å². The Bertz CT molecular complexity index is 962. The monoisotopic (exact) mass is 338 g/mol. The number of rotatable bonds is 2. The zero-order valence-corrected chi connectivity index (χ0v) is 16.1. The first kappa shape index (κ1) is 16.8. The van der Waals surface area contributed by atoms with Crippen LogP contribution in [-0.2, 0) is 11.8 Å². The van der Waals surface area contributed by atoms with Crippen molar-refractivity contribution in [1.29, 1.82) is 0 Å². The van der Waals surface area contributed by atoms with Crippen LogP contribution in [0, 0.1) is 6.92 Å². The van der Waals surface area contributed by atoms with Gasteiger partial charge in [0.15, 0.2) is 0 Å². The quantitative estimate of drug-likeness (QED) is 0.469. The van der Waals surface area contributed by atoms with Crippen molar-refractivity contribution in [2.24, 2.45) is 0 Å². The summed E-state index contributed by atoms with van der Waals surface area (Å²) in [5.41, 5.74) is 11.1. The zero-order valence-electron chi connectivity index (χ0n) is 16.1. The first-order valence-corrected chi connectivity index (χ1v) is 9.42. The Hall–Kier alpha value is -2.60. The van der Waals surface area contributed by atoms with Gasteiger partial charge >= 0.3 is 0 Å². The molecule has 0 radical (unpaired) electrons. The van der Waals surface area contributed by atoms with Gasteiger partial charge in [0.05, 0.1) is 0 Å². The molecule has 4 rings (SSSR count). The van der Waals surface area contributed by atoms with Crippen LogP contribution in [0.1, 0.15) is 48.6 Å². The summed E-state index contributed by atoms with van der Waals surface area (Å²) in [4.78, 5) is 0. The third-order valence-corrected chi connectivity index (χ3v) is 5.38. The number of aryl methyl sites for hydroxylation is 1. The summed E-state index contributed by atoms with van der Waals surface area (Å²) in [5, 5.41) is 0. The van der Waals surface area contributed by atoms with Crippen LogP contribution in [0.15, 0.2) is 66.7 Å². The van der Waals surface area contributed by atoms with E-state index in [-0.39, 0.29) is 5.41 Å². The predicted molar refractivity (Wildman–Crippen MR) is 113 cm³/mol. The topological polar surface area (TPSA) is 0 Å². The molecule has 0 heteroatoms. The lowest BCUT2D eigenvalue weighted by molar-refractivity contribution is 0.590. The van der Waals surface area contributed by atoms with Gasteiger partial charge in [0.25, 0.3) is 0 Å². The molecule has 26 heavy (non-hydrogen) atoms. The van der Waals surface area contributed by atoms with Gasteiger partial charge in [-0.1, -0.05) is 93.1 Å². The largest absolute Gasteiger partial charge is 0.0613 e. The molecule has 3 aromatic rings. The van der Waals surface area contributed by atoms with Crippen LogP contribution in [0.5, 0.6) is 0 Å². The highest BCUT2D eigenvalue weighted by atomic mass is 14.2. The minimum Gasteiger partial charge on any atom is -0.0613 e.